The van der Waals surface area contributed by atoms with Gasteiger partial charge in [-0.25, -0.2) is 0 Å². The molecule has 28 heavy (non-hydrogen) atoms. The molecular formula is C20H31ClIN3O3. The molecule has 158 valence electrons. The number of nitrogens with one attached hydrogen (secondary N) is 2. The fraction of sp³-hybridized carbons (Fsp3) is 0.650. The molecule has 0 bridgehead atoms. The van der Waals surface area contributed by atoms with E-state index in [0.29, 0.717) is 41.7 Å². The lowest BCUT2D eigenvalue weighted by atomic mass is 9.83. The number of rotatable bonds is 7. The van der Waals surface area contributed by atoms with E-state index in [-0.39, 0.29) is 24.0 Å². The van der Waals surface area contributed by atoms with Gasteiger partial charge in [-0.3, -0.25) is 4.99 Å². The summed E-state index contributed by atoms with van der Waals surface area (Å²) in [7, 11) is 3.57. The van der Waals surface area contributed by atoms with Crippen LogP contribution < -0.4 is 20.1 Å². The largest absolute Gasteiger partial charge is 0.486 e. The van der Waals surface area contributed by atoms with Gasteiger partial charge in [-0.05, 0) is 42.4 Å². The predicted octanol–water partition coefficient (Wildman–Crippen LogP) is 3.99. The van der Waals surface area contributed by atoms with Gasteiger partial charge in [0.15, 0.2) is 17.5 Å². The van der Waals surface area contributed by atoms with Gasteiger partial charge < -0.3 is 24.8 Å². The summed E-state index contributed by atoms with van der Waals surface area (Å²) in [5, 5.41) is 7.45. The van der Waals surface area contributed by atoms with E-state index >= 15 is 0 Å². The van der Waals surface area contributed by atoms with Gasteiger partial charge in [-0.15, -0.1) is 24.0 Å². The molecule has 1 aromatic rings. The van der Waals surface area contributed by atoms with Crippen LogP contribution in [0.15, 0.2) is 17.1 Å². The summed E-state index contributed by atoms with van der Waals surface area (Å²) in [6.45, 7) is 3.42. The van der Waals surface area contributed by atoms with Gasteiger partial charge in [0.1, 0.15) is 13.2 Å². The zero-order valence-corrected chi connectivity index (χ0v) is 19.8. The third-order valence-corrected chi connectivity index (χ3v) is 5.75. The number of ether oxygens (including phenoxy) is 3. The van der Waals surface area contributed by atoms with Crippen molar-refractivity contribution >= 4 is 41.5 Å². The average molecular weight is 524 g/mol. The van der Waals surface area contributed by atoms with E-state index in [1.807, 2.05) is 12.1 Å². The molecule has 1 aromatic carbocycles. The smallest absolute Gasteiger partial charge is 0.191 e. The number of aliphatic imine (C=N–C) groups is 1. The van der Waals surface area contributed by atoms with Gasteiger partial charge in [0.25, 0.3) is 0 Å². The molecule has 1 saturated carbocycles. The van der Waals surface area contributed by atoms with E-state index < -0.39 is 0 Å². The lowest BCUT2D eigenvalue weighted by molar-refractivity contribution is 0.138. The Labute approximate surface area is 189 Å². The summed E-state index contributed by atoms with van der Waals surface area (Å²) in [5.74, 6) is 2.14. The highest BCUT2D eigenvalue weighted by Crippen LogP contribution is 2.40. The number of hydrogen-bond acceptors (Lipinski definition) is 4. The van der Waals surface area contributed by atoms with Crippen molar-refractivity contribution in [2.75, 3.05) is 40.5 Å². The van der Waals surface area contributed by atoms with Crippen LogP contribution in [0.2, 0.25) is 5.02 Å². The molecule has 0 atom stereocenters. The summed E-state index contributed by atoms with van der Waals surface area (Å²) in [6.07, 6.45) is 6.18. The van der Waals surface area contributed by atoms with Gasteiger partial charge in [-0.1, -0.05) is 24.4 Å². The first-order valence-electron chi connectivity index (χ1n) is 9.67. The number of fused-ring (bicyclic) bond motifs is 1. The van der Waals surface area contributed by atoms with Crippen LogP contribution in [0.5, 0.6) is 11.5 Å². The van der Waals surface area contributed by atoms with E-state index in [1.165, 1.54) is 25.7 Å². The highest BCUT2D eigenvalue weighted by Gasteiger charge is 2.33. The second-order valence-electron chi connectivity index (χ2n) is 7.33. The average Bonchev–Trinajstić information content (AvgIpc) is 3.16. The van der Waals surface area contributed by atoms with Gasteiger partial charge in [0.2, 0.25) is 0 Å². The Morgan fingerprint density at radius 1 is 1.21 bits per heavy atom. The fourth-order valence-corrected chi connectivity index (χ4v) is 4.19. The molecule has 0 radical (unpaired) electrons. The monoisotopic (exact) mass is 523 g/mol. The summed E-state index contributed by atoms with van der Waals surface area (Å²) in [6, 6.07) is 3.88. The zero-order chi connectivity index (χ0) is 19.1. The molecule has 2 aliphatic rings. The molecule has 0 saturated heterocycles. The summed E-state index contributed by atoms with van der Waals surface area (Å²) in [4.78, 5) is 4.36. The number of methoxy groups -OCH3 is 1. The predicted molar refractivity (Wildman–Crippen MR) is 123 cm³/mol. The van der Waals surface area contributed by atoms with Crippen molar-refractivity contribution in [3.05, 3.63) is 22.7 Å². The van der Waals surface area contributed by atoms with E-state index in [4.69, 9.17) is 25.8 Å². The lowest BCUT2D eigenvalue weighted by Gasteiger charge is -2.30. The van der Waals surface area contributed by atoms with Crippen LogP contribution in [-0.2, 0) is 11.3 Å². The van der Waals surface area contributed by atoms with Crippen molar-refractivity contribution < 1.29 is 14.2 Å². The summed E-state index contributed by atoms with van der Waals surface area (Å²) < 4.78 is 16.5. The Bertz CT molecular complexity index is 666. The molecular weight excluding hydrogens is 493 g/mol. The molecule has 0 unspecified atom stereocenters. The van der Waals surface area contributed by atoms with Crippen LogP contribution in [-0.4, -0.2) is 46.5 Å². The number of halogens is 2. The van der Waals surface area contributed by atoms with Crippen molar-refractivity contribution in [3.63, 3.8) is 0 Å². The maximum atomic E-state index is 6.32. The molecule has 1 aliphatic heterocycles. The SMILES string of the molecule is CN=C(NCc1cc(Cl)c2c(c1)OCCO2)NCC1(CCOC)CCCC1.I. The van der Waals surface area contributed by atoms with E-state index in [1.54, 1.807) is 14.2 Å². The summed E-state index contributed by atoms with van der Waals surface area (Å²) >= 11 is 6.32. The number of nitrogens with zero attached hydrogens (tertiary/aromatic N) is 1. The minimum absolute atomic E-state index is 0. The van der Waals surface area contributed by atoms with Crippen molar-refractivity contribution in [2.24, 2.45) is 10.4 Å². The van der Waals surface area contributed by atoms with Gasteiger partial charge >= 0.3 is 0 Å². The Morgan fingerprint density at radius 3 is 2.68 bits per heavy atom. The molecule has 0 amide bonds. The standard InChI is InChI=1S/C20H30ClN3O3.HI/c1-22-19(24-14-20(7-8-25-2)5-3-4-6-20)23-13-15-11-16(21)18-17(12-15)26-9-10-27-18;/h11-12H,3-10,13-14H2,1-2H3,(H2,22,23,24);1H. The quantitative estimate of drug-likeness (QED) is 0.321. The Balaban J connectivity index is 0.00000280. The maximum absolute atomic E-state index is 6.32. The first kappa shape index (κ1) is 23.3. The van der Waals surface area contributed by atoms with Gasteiger partial charge in [0, 0.05) is 33.9 Å². The first-order chi connectivity index (χ1) is 13.2. The van der Waals surface area contributed by atoms with E-state index in [9.17, 15) is 0 Å². The van der Waals surface area contributed by atoms with Gasteiger partial charge in [0.05, 0.1) is 5.02 Å². The van der Waals surface area contributed by atoms with Gasteiger partial charge in [-0.2, -0.15) is 0 Å². The van der Waals surface area contributed by atoms with Crippen LogP contribution in [0.25, 0.3) is 0 Å². The topological polar surface area (TPSA) is 64.1 Å². The number of benzene rings is 1. The molecule has 2 N–H and O–H groups in total. The minimum atomic E-state index is 0. The minimum Gasteiger partial charge on any atom is -0.486 e. The molecule has 1 heterocycles. The van der Waals surface area contributed by atoms with Crippen LogP contribution in [0.1, 0.15) is 37.7 Å². The molecule has 3 rings (SSSR count). The summed E-state index contributed by atoms with van der Waals surface area (Å²) in [5.41, 5.74) is 1.34. The molecule has 0 aromatic heterocycles. The fourth-order valence-electron chi connectivity index (χ4n) is 3.90. The normalized spacial score (nSPS) is 17.8. The third kappa shape index (κ3) is 6.03. The third-order valence-electron chi connectivity index (χ3n) is 5.47. The van der Waals surface area contributed by atoms with Crippen molar-refractivity contribution in [1.82, 2.24) is 10.6 Å². The van der Waals surface area contributed by atoms with Crippen molar-refractivity contribution in [1.29, 1.82) is 0 Å². The molecule has 0 spiro atoms. The second-order valence-corrected chi connectivity index (χ2v) is 7.74. The molecule has 1 aliphatic carbocycles. The Hall–Kier alpha value is -0.930. The Morgan fingerprint density at radius 2 is 1.96 bits per heavy atom. The second kappa shape index (κ2) is 11.3. The van der Waals surface area contributed by atoms with Crippen molar-refractivity contribution in [3.8, 4) is 11.5 Å². The molecule has 6 nitrogen and oxygen atoms in total. The molecule has 8 heteroatoms. The highest BCUT2D eigenvalue weighted by molar-refractivity contribution is 14.0. The van der Waals surface area contributed by atoms with E-state index in [0.717, 1.165) is 31.1 Å². The van der Waals surface area contributed by atoms with Crippen molar-refractivity contribution in [2.45, 2.75) is 38.6 Å². The van der Waals surface area contributed by atoms with E-state index in [2.05, 4.69) is 15.6 Å². The number of hydrogen-bond donors (Lipinski definition) is 2. The Kier molecular flexibility index (Phi) is 9.43. The highest BCUT2D eigenvalue weighted by atomic mass is 127. The van der Waals surface area contributed by atoms with Crippen LogP contribution in [0.3, 0.4) is 0 Å². The number of guanidine groups is 1. The maximum Gasteiger partial charge on any atom is 0.191 e. The first-order valence-corrected chi connectivity index (χ1v) is 10.0. The van der Waals surface area contributed by atoms with Crippen LogP contribution in [0.4, 0.5) is 0 Å². The molecule has 1 fully saturated rings. The van der Waals surface area contributed by atoms with Crippen LogP contribution >= 0.6 is 35.6 Å². The lowest BCUT2D eigenvalue weighted by Crippen LogP contribution is -2.43. The van der Waals surface area contributed by atoms with Crippen LogP contribution in [0, 0.1) is 5.41 Å². The zero-order valence-electron chi connectivity index (χ0n) is 16.7.